The number of aliphatic hydroxyl groups is 1. The molecule has 15 heavy (non-hydrogen) atoms. The van der Waals surface area contributed by atoms with Gasteiger partial charge in [-0.25, -0.2) is 0 Å². The molecule has 1 aliphatic rings. The zero-order valence-electron chi connectivity index (χ0n) is 8.53. The van der Waals surface area contributed by atoms with Gasteiger partial charge in [-0.05, 0) is 31.9 Å². The van der Waals surface area contributed by atoms with E-state index in [9.17, 15) is 14.7 Å². The number of amides is 2. The van der Waals surface area contributed by atoms with Crippen molar-refractivity contribution in [2.75, 3.05) is 6.54 Å². The molecule has 1 fully saturated rings. The third-order valence-electron chi connectivity index (χ3n) is 2.40. The lowest BCUT2D eigenvalue weighted by Gasteiger charge is -2.14. The quantitative estimate of drug-likeness (QED) is 0.539. The van der Waals surface area contributed by atoms with Crippen molar-refractivity contribution in [2.45, 2.75) is 31.4 Å². The van der Waals surface area contributed by atoms with Crippen LogP contribution in [0.3, 0.4) is 0 Å². The number of rotatable bonds is 4. The van der Waals surface area contributed by atoms with Crippen LogP contribution in [-0.4, -0.2) is 35.6 Å². The highest BCUT2D eigenvalue weighted by atomic mass is 16.3. The van der Waals surface area contributed by atoms with Crippen molar-refractivity contribution in [3.05, 3.63) is 12.7 Å². The van der Waals surface area contributed by atoms with Gasteiger partial charge in [0.25, 0.3) is 5.91 Å². The molecule has 3 N–H and O–H groups in total. The molecule has 0 spiro atoms. The van der Waals surface area contributed by atoms with Gasteiger partial charge in [0.05, 0.1) is 0 Å². The molecule has 0 saturated carbocycles. The summed E-state index contributed by atoms with van der Waals surface area (Å²) < 4.78 is 0. The van der Waals surface area contributed by atoms with E-state index in [1.165, 1.54) is 0 Å². The second-order valence-electron chi connectivity index (χ2n) is 3.60. The van der Waals surface area contributed by atoms with Gasteiger partial charge in [-0.1, -0.05) is 6.58 Å². The van der Waals surface area contributed by atoms with E-state index in [0.29, 0.717) is 6.42 Å². The molecule has 5 nitrogen and oxygen atoms in total. The Balaban J connectivity index is 2.31. The van der Waals surface area contributed by atoms with Crippen LogP contribution in [-0.2, 0) is 9.59 Å². The molecule has 0 aromatic heterocycles. The monoisotopic (exact) mass is 212 g/mol. The molecule has 0 bridgehead atoms. The Kier molecular flexibility index (Phi) is 4.45. The number of imide groups is 1. The second kappa shape index (κ2) is 5.63. The molecule has 2 atom stereocenters. The van der Waals surface area contributed by atoms with E-state index in [2.05, 4.69) is 11.9 Å². The third kappa shape index (κ3) is 3.81. The Hall–Kier alpha value is -1.20. The van der Waals surface area contributed by atoms with E-state index < -0.39 is 17.9 Å². The van der Waals surface area contributed by atoms with Gasteiger partial charge in [-0.15, -0.1) is 0 Å². The lowest BCUT2D eigenvalue weighted by molar-refractivity contribution is -0.134. The smallest absolute Gasteiger partial charge is 0.255 e. The largest absolute Gasteiger partial charge is 0.383 e. The van der Waals surface area contributed by atoms with Gasteiger partial charge in [0.1, 0.15) is 6.10 Å². The third-order valence-corrected chi connectivity index (χ3v) is 2.40. The molecule has 1 heterocycles. The summed E-state index contributed by atoms with van der Waals surface area (Å²) in [6, 6.07) is 0.171. The van der Waals surface area contributed by atoms with Gasteiger partial charge in [-0.3, -0.25) is 14.9 Å². The minimum Gasteiger partial charge on any atom is -0.383 e. The van der Waals surface area contributed by atoms with E-state index in [1.54, 1.807) is 0 Å². The van der Waals surface area contributed by atoms with E-state index in [0.717, 1.165) is 25.5 Å². The van der Waals surface area contributed by atoms with Crippen molar-refractivity contribution in [3.63, 3.8) is 0 Å². The molecule has 1 saturated heterocycles. The van der Waals surface area contributed by atoms with Gasteiger partial charge in [-0.2, -0.15) is 0 Å². The number of carbonyl (C=O) groups is 2. The molecule has 2 amide bonds. The molecule has 5 heteroatoms. The van der Waals surface area contributed by atoms with Crippen molar-refractivity contribution in [3.8, 4) is 0 Å². The lowest BCUT2D eigenvalue weighted by Crippen LogP contribution is -2.40. The summed E-state index contributed by atoms with van der Waals surface area (Å²) in [5.74, 6) is -1.24. The summed E-state index contributed by atoms with van der Waals surface area (Å²) in [4.78, 5) is 22.0. The predicted octanol–water partition coefficient (Wildman–Crippen LogP) is -0.682. The Bertz CT molecular complexity index is 259. The zero-order chi connectivity index (χ0) is 11.3. The average molecular weight is 212 g/mol. The fourth-order valence-corrected chi connectivity index (χ4v) is 1.59. The van der Waals surface area contributed by atoms with Crippen LogP contribution in [0.25, 0.3) is 0 Å². The first-order chi connectivity index (χ1) is 7.13. The van der Waals surface area contributed by atoms with E-state index in [-0.39, 0.29) is 6.04 Å². The van der Waals surface area contributed by atoms with Crippen molar-refractivity contribution in [2.24, 2.45) is 0 Å². The Labute approximate surface area is 88.5 Å². The molecular formula is C10H16N2O3. The highest BCUT2D eigenvalue weighted by molar-refractivity contribution is 6.02. The highest BCUT2D eigenvalue weighted by Gasteiger charge is 2.23. The number of carbonyl (C=O) groups excluding carboxylic acids is 2. The molecular weight excluding hydrogens is 196 g/mol. The van der Waals surface area contributed by atoms with Crippen LogP contribution in [0.4, 0.5) is 0 Å². The fourth-order valence-electron chi connectivity index (χ4n) is 1.59. The van der Waals surface area contributed by atoms with Crippen molar-refractivity contribution < 1.29 is 14.7 Å². The number of hydrogen-bond acceptors (Lipinski definition) is 4. The van der Waals surface area contributed by atoms with E-state index >= 15 is 0 Å². The van der Waals surface area contributed by atoms with Crippen molar-refractivity contribution in [1.82, 2.24) is 10.6 Å². The summed E-state index contributed by atoms with van der Waals surface area (Å²) in [7, 11) is 0. The normalized spacial score (nSPS) is 22.1. The minimum atomic E-state index is -1.13. The lowest BCUT2D eigenvalue weighted by atomic mass is 10.1. The first-order valence-corrected chi connectivity index (χ1v) is 5.02. The molecule has 0 aliphatic carbocycles. The fraction of sp³-hybridized carbons (Fsp3) is 0.600. The average Bonchev–Trinajstić information content (AvgIpc) is 2.70. The zero-order valence-corrected chi connectivity index (χ0v) is 8.53. The maximum atomic E-state index is 11.2. The molecule has 1 rings (SSSR count). The van der Waals surface area contributed by atoms with Crippen molar-refractivity contribution in [1.29, 1.82) is 0 Å². The van der Waals surface area contributed by atoms with Crippen LogP contribution in [0.15, 0.2) is 12.7 Å². The van der Waals surface area contributed by atoms with Gasteiger partial charge < -0.3 is 10.4 Å². The van der Waals surface area contributed by atoms with Crippen LogP contribution in [0.2, 0.25) is 0 Å². The topological polar surface area (TPSA) is 78.4 Å². The van der Waals surface area contributed by atoms with Gasteiger partial charge in [0.2, 0.25) is 5.91 Å². The summed E-state index contributed by atoms with van der Waals surface area (Å²) in [5, 5.41) is 14.7. The van der Waals surface area contributed by atoms with Gasteiger partial charge in [0, 0.05) is 6.04 Å². The van der Waals surface area contributed by atoms with Crippen LogP contribution in [0, 0.1) is 0 Å². The predicted molar refractivity (Wildman–Crippen MR) is 55.0 cm³/mol. The number of nitrogens with one attached hydrogen (secondary N) is 2. The van der Waals surface area contributed by atoms with Crippen LogP contribution < -0.4 is 10.6 Å². The van der Waals surface area contributed by atoms with Crippen molar-refractivity contribution >= 4 is 11.8 Å². The minimum absolute atomic E-state index is 0.171. The molecule has 0 aromatic carbocycles. The maximum Gasteiger partial charge on any atom is 0.255 e. The summed E-state index contributed by atoms with van der Waals surface area (Å²) >= 11 is 0. The first-order valence-electron chi connectivity index (χ1n) is 5.02. The SMILES string of the molecule is C=CC(=O)NC(=O)C(O)CC1CCCN1. The second-order valence-corrected chi connectivity index (χ2v) is 3.60. The van der Waals surface area contributed by atoms with Gasteiger partial charge >= 0.3 is 0 Å². The summed E-state index contributed by atoms with van der Waals surface area (Å²) in [5.41, 5.74) is 0. The first kappa shape index (κ1) is 11.9. The van der Waals surface area contributed by atoms with E-state index in [1.807, 2.05) is 5.32 Å². The molecule has 1 aliphatic heterocycles. The highest BCUT2D eigenvalue weighted by Crippen LogP contribution is 2.10. The molecule has 0 radical (unpaired) electrons. The van der Waals surface area contributed by atoms with Crippen LogP contribution >= 0.6 is 0 Å². The molecule has 0 aromatic rings. The maximum absolute atomic E-state index is 11.2. The Morgan fingerprint density at radius 1 is 1.67 bits per heavy atom. The number of hydrogen-bond donors (Lipinski definition) is 3. The Morgan fingerprint density at radius 3 is 2.93 bits per heavy atom. The van der Waals surface area contributed by atoms with Crippen LogP contribution in [0.5, 0.6) is 0 Å². The standard InChI is InChI=1S/C10H16N2O3/c1-2-9(14)12-10(15)8(13)6-7-4-3-5-11-7/h2,7-8,11,13H,1,3-6H2,(H,12,14,15). The Morgan fingerprint density at radius 2 is 2.40 bits per heavy atom. The molecule has 2 unspecified atom stereocenters. The molecule has 84 valence electrons. The van der Waals surface area contributed by atoms with E-state index in [4.69, 9.17) is 0 Å². The summed E-state index contributed by atoms with van der Waals surface area (Å²) in [6.45, 7) is 4.14. The van der Waals surface area contributed by atoms with Crippen LogP contribution in [0.1, 0.15) is 19.3 Å². The van der Waals surface area contributed by atoms with Gasteiger partial charge in [0.15, 0.2) is 0 Å². The summed E-state index contributed by atoms with van der Waals surface area (Å²) in [6.07, 6.45) is 2.23. The number of aliphatic hydroxyl groups excluding tert-OH is 1.